The van der Waals surface area contributed by atoms with E-state index >= 15 is 0 Å². The maximum absolute atomic E-state index is 12.7. The number of aromatic amines is 1. The van der Waals surface area contributed by atoms with E-state index in [-0.39, 0.29) is 0 Å². The van der Waals surface area contributed by atoms with Crippen LogP contribution in [0.1, 0.15) is 5.56 Å². The summed E-state index contributed by atoms with van der Waals surface area (Å²) >= 11 is 0. The van der Waals surface area contributed by atoms with Gasteiger partial charge in [-0.05, 0) is 23.8 Å². The van der Waals surface area contributed by atoms with Gasteiger partial charge in [-0.3, -0.25) is 10.1 Å². The molecule has 0 spiro atoms. The predicted octanol–water partition coefficient (Wildman–Crippen LogP) is 3.64. The van der Waals surface area contributed by atoms with Gasteiger partial charge in [0.2, 0.25) is 0 Å². The molecule has 0 saturated carbocycles. The maximum Gasteiger partial charge on any atom is 0.416 e. The fourth-order valence-electron chi connectivity index (χ4n) is 1.86. The first-order chi connectivity index (χ1) is 9.04. The number of nitrogens with one attached hydrogen (secondary N) is 1. The Balaban J connectivity index is 2.10. The number of hydrogen-bond acceptors (Lipinski definition) is 2. The highest BCUT2D eigenvalue weighted by Crippen LogP contribution is 2.32. The van der Waals surface area contributed by atoms with Gasteiger partial charge in [0.05, 0.1) is 17.3 Å². The normalized spacial score (nSPS) is 11.9. The van der Waals surface area contributed by atoms with Gasteiger partial charge in [-0.25, -0.2) is 0 Å². The predicted molar refractivity (Wildman–Crippen MR) is 64.3 cm³/mol. The van der Waals surface area contributed by atoms with Crippen molar-refractivity contribution in [2.45, 2.75) is 6.18 Å². The zero-order chi connectivity index (χ0) is 13.5. The summed E-state index contributed by atoms with van der Waals surface area (Å²) < 4.78 is 38.0. The fourth-order valence-corrected chi connectivity index (χ4v) is 1.86. The van der Waals surface area contributed by atoms with Crippen molar-refractivity contribution in [1.82, 2.24) is 15.2 Å². The molecule has 0 aliphatic carbocycles. The minimum Gasteiger partial charge on any atom is -0.276 e. The second-order valence-electron chi connectivity index (χ2n) is 4.11. The summed E-state index contributed by atoms with van der Waals surface area (Å²) in [5.41, 5.74) is 1.78. The maximum atomic E-state index is 12.7. The van der Waals surface area contributed by atoms with Crippen LogP contribution in [0.4, 0.5) is 13.2 Å². The van der Waals surface area contributed by atoms with Gasteiger partial charge in [-0.15, -0.1) is 0 Å². The molecule has 0 fully saturated rings. The number of alkyl halides is 3. The summed E-state index contributed by atoms with van der Waals surface area (Å²) in [6.45, 7) is 0. The van der Waals surface area contributed by atoms with Crippen LogP contribution in [0.5, 0.6) is 0 Å². The Morgan fingerprint density at radius 2 is 1.84 bits per heavy atom. The molecule has 0 unspecified atom stereocenters. The van der Waals surface area contributed by atoms with Crippen molar-refractivity contribution in [3.63, 3.8) is 0 Å². The first-order valence-corrected chi connectivity index (χ1v) is 5.51. The molecule has 0 aliphatic rings. The van der Waals surface area contributed by atoms with Gasteiger partial charge >= 0.3 is 6.18 Å². The van der Waals surface area contributed by atoms with Crippen molar-refractivity contribution in [3.05, 3.63) is 48.3 Å². The van der Waals surface area contributed by atoms with E-state index in [0.29, 0.717) is 22.2 Å². The SMILES string of the molecule is FC(F)(F)c1cccc(-c2cnc3cn[nH]c3c2)c1. The van der Waals surface area contributed by atoms with E-state index in [0.717, 1.165) is 12.1 Å². The Bertz CT molecular complexity index is 731. The third-order valence-electron chi connectivity index (χ3n) is 2.81. The fraction of sp³-hybridized carbons (Fsp3) is 0.0769. The molecule has 1 N–H and O–H groups in total. The van der Waals surface area contributed by atoms with Gasteiger partial charge in [-0.1, -0.05) is 12.1 Å². The van der Waals surface area contributed by atoms with E-state index in [1.165, 1.54) is 12.3 Å². The average molecular weight is 263 g/mol. The highest BCUT2D eigenvalue weighted by Gasteiger charge is 2.30. The molecule has 0 atom stereocenters. The second-order valence-corrected chi connectivity index (χ2v) is 4.11. The minimum atomic E-state index is -4.35. The standard InChI is InChI=1S/C13H8F3N3/c14-13(15,16)10-3-1-2-8(4-10)9-5-11-12(17-6-9)7-18-19-11/h1-7H,(H,18,19). The second kappa shape index (κ2) is 4.08. The Hall–Kier alpha value is -2.37. The van der Waals surface area contributed by atoms with Gasteiger partial charge in [0, 0.05) is 11.8 Å². The first-order valence-electron chi connectivity index (χ1n) is 5.51. The van der Waals surface area contributed by atoms with Gasteiger partial charge < -0.3 is 0 Å². The van der Waals surface area contributed by atoms with Crippen molar-refractivity contribution in [2.24, 2.45) is 0 Å². The summed E-state index contributed by atoms with van der Waals surface area (Å²) in [7, 11) is 0. The van der Waals surface area contributed by atoms with E-state index in [9.17, 15) is 13.2 Å². The highest BCUT2D eigenvalue weighted by atomic mass is 19.4. The van der Waals surface area contributed by atoms with E-state index in [2.05, 4.69) is 15.2 Å². The van der Waals surface area contributed by atoms with Crippen molar-refractivity contribution < 1.29 is 13.2 Å². The van der Waals surface area contributed by atoms with Crippen LogP contribution in [0.15, 0.2) is 42.7 Å². The quantitative estimate of drug-likeness (QED) is 0.728. The summed E-state index contributed by atoms with van der Waals surface area (Å²) in [4.78, 5) is 4.13. The van der Waals surface area contributed by atoms with Crippen molar-refractivity contribution in [3.8, 4) is 11.1 Å². The number of H-pyrrole nitrogens is 1. The van der Waals surface area contributed by atoms with E-state index in [4.69, 9.17) is 0 Å². The van der Waals surface area contributed by atoms with Crippen molar-refractivity contribution >= 4 is 11.0 Å². The van der Waals surface area contributed by atoms with Gasteiger partial charge in [0.15, 0.2) is 0 Å². The van der Waals surface area contributed by atoms with Crippen LogP contribution in [0, 0.1) is 0 Å². The van der Waals surface area contributed by atoms with Crippen LogP contribution >= 0.6 is 0 Å². The molecule has 3 nitrogen and oxygen atoms in total. The molecule has 0 saturated heterocycles. The smallest absolute Gasteiger partial charge is 0.276 e. The van der Waals surface area contributed by atoms with Crippen LogP contribution in [0.3, 0.4) is 0 Å². The third-order valence-corrected chi connectivity index (χ3v) is 2.81. The van der Waals surface area contributed by atoms with Gasteiger partial charge in [0.25, 0.3) is 0 Å². The summed E-state index contributed by atoms with van der Waals surface area (Å²) in [5.74, 6) is 0. The monoisotopic (exact) mass is 263 g/mol. The van der Waals surface area contributed by atoms with E-state index in [1.54, 1.807) is 18.3 Å². The van der Waals surface area contributed by atoms with Gasteiger partial charge in [0.1, 0.15) is 5.52 Å². The lowest BCUT2D eigenvalue weighted by Gasteiger charge is -2.08. The molecule has 0 bridgehead atoms. The molecule has 2 aromatic heterocycles. The van der Waals surface area contributed by atoms with Crippen LogP contribution in [0.2, 0.25) is 0 Å². The molecule has 3 aromatic rings. The lowest BCUT2D eigenvalue weighted by Crippen LogP contribution is -2.04. The molecule has 6 heteroatoms. The molecular weight excluding hydrogens is 255 g/mol. The van der Waals surface area contributed by atoms with Crippen LogP contribution < -0.4 is 0 Å². The molecule has 96 valence electrons. The molecule has 0 amide bonds. The zero-order valence-electron chi connectivity index (χ0n) is 9.57. The molecule has 1 aromatic carbocycles. The Morgan fingerprint density at radius 3 is 2.63 bits per heavy atom. The molecular formula is C13H8F3N3. The topological polar surface area (TPSA) is 41.6 Å². The lowest BCUT2D eigenvalue weighted by molar-refractivity contribution is -0.137. The summed E-state index contributed by atoms with van der Waals surface area (Å²) in [6, 6.07) is 6.89. The largest absolute Gasteiger partial charge is 0.416 e. The van der Waals surface area contributed by atoms with Crippen molar-refractivity contribution in [2.75, 3.05) is 0 Å². The number of fused-ring (bicyclic) bond motifs is 1. The lowest BCUT2D eigenvalue weighted by atomic mass is 10.0. The highest BCUT2D eigenvalue weighted by molar-refractivity contribution is 5.79. The summed E-state index contributed by atoms with van der Waals surface area (Å²) in [6.07, 6.45) is -1.25. The van der Waals surface area contributed by atoms with Crippen LogP contribution in [0.25, 0.3) is 22.2 Å². The Labute approximate surface area is 106 Å². The van der Waals surface area contributed by atoms with Crippen LogP contribution in [-0.4, -0.2) is 15.2 Å². The van der Waals surface area contributed by atoms with Crippen molar-refractivity contribution in [1.29, 1.82) is 0 Å². The number of benzene rings is 1. The molecule has 0 radical (unpaired) electrons. The number of nitrogens with zero attached hydrogens (tertiary/aromatic N) is 2. The number of aromatic nitrogens is 3. The number of rotatable bonds is 1. The number of pyridine rings is 1. The third kappa shape index (κ3) is 2.16. The molecule has 0 aliphatic heterocycles. The minimum absolute atomic E-state index is 0.471. The number of hydrogen-bond donors (Lipinski definition) is 1. The molecule has 2 heterocycles. The Kier molecular flexibility index (Phi) is 2.51. The number of halogens is 3. The van der Waals surface area contributed by atoms with E-state index < -0.39 is 11.7 Å². The molecule has 19 heavy (non-hydrogen) atoms. The average Bonchev–Trinajstić information content (AvgIpc) is 2.85. The Morgan fingerprint density at radius 1 is 1.00 bits per heavy atom. The molecule has 3 rings (SSSR count). The summed E-state index contributed by atoms with van der Waals surface area (Å²) in [5, 5.41) is 6.57. The van der Waals surface area contributed by atoms with Crippen LogP contribution in [-0.2, 0) is 6.18 Å². The van der Waals surface area contributed by atoms with Gasteiger partial charge in [-0.2, -0.15) is 18.3 Å². The van der Waals surface area contributed by atoms with E-state index in [1.807, 2.05) is 0 Å². The zero-order valence-corrected chi connectivity index (χ0v) is 9.57. The first kappa shape index (κ1) is 11.7.